The SMILES string of the molecule is CNc1cc(N2CCC3(CC2)CN(c2cc(F)c(CN4CCC(C)(C(=O)NCCCCCC(=O)NC(C(=O)N5CCCC5C(=O)NC(C)C5=CCC(c6scnc6C)C=C5)C(C)(C)C)CC4)cc2F)CC(=O)N3)ncn1.CO. The number of carbonyl (C=O) groups is 5. The van der Waals surface area contributed by atoms with Crippen LogP contribution in [0.2, 0.25) is 0 Å². The number of likely N-dealkylation sites (tertiary alicyclic amines) is 2. The van der Waals surface area contributed by atoms with Gasteiger partial charge in [0.05, 0.1) is 35.0 Å². The highest BCUT2D eigenvalue weighted by molar-refractivity contribution is 7.09. The molecule has 21 heteroatoms. The summed E-state index contributed by atoms with van der Waals surface area (Å²) in [4.78, 5) is 89.4. The summed E-state index contributed by atoms with van der Waals surface area (Å²) in [6.45, 7) is 15.4. The molecular weight excluding hydrogens is 1020 g/mol. The number of amides is 5. The third kappa shape index (κ3) is 14.6. The standard InChI is InChI=1S/C56H78F2N12O5S.CH4O/c1-36(38-14-16-39(17-15-38)49-37(2)63-35-76-49)64-51(73)43-12-11-23-70(43)52(74)50(54(3,4)5)65-47(71)13-9-8-10-22-60-53(75)55(6)18-24-67(25-19-55)31-40-28-42(58)44(29-41(40)57)69-32-48(72)66-56(33-69)20-26-68(27-21-56)46-30-45(59-7)61-34-62-46;1-2/h14-16,28-30,34-36,39,43,50H,8-13,17-27,31-33H2,1-7H3,(H,60,75)(H,64,73)(H,65,71)(H,66,72)(H,59,61,62);2H,1H3. The zero-order chi connectivity index (χ0) is 56.4. The fraction of sp³-hybridized carbons (Fsp3) is 0.614. The number of allylic oxidation sites excluding steroid dienone is 2. The molecule has 4 unspecified atom stereocenters. The van der Waals surface area contributed by atoms with Gasteiger partial charge in [-0.15, -0.1) is 11.3 Å². The van der Waals surface area contributed by atoms with Crippen LogP contribution in [0.25, 0.3) is 0 Å². The lowest BCUT2D eigenvalue weighted by Gasteiger charge is -2.48. The molecule has 6 heterocycles. The van der Waals surface area contributed by atoms with Gasteiger partial charge in [-0.3, -0.25) is 28.9 Å². The summed E-state index contributed by atoms with van der Waals surface area (Å²) in [6.07, 6.45) is 14.5. The number of hydrogen-bond acceptors (Lipinski definition) is 14. The van der Waals surface area contributed by atoms with Crippen LogP contribution in [0.15, 0.2) is 53.8 Å². The van der Waals surface area contributed by atoms with E-state index in [0.717, 1.165) is 30.6 Å². The Labute approximate surface area is 462 Å². The number of halogens is 2. The van der Waals surface area contributed by atoms with E-state index >= 15 is 8.78 Å². The largest absolute Gasteiger partial charge is 0.400 e. The molecule has 78 heavy (non-hydrogen) atoms. The highest BCUT2D eigenvalue weighted by atomic mass is 32.1. The van der Waals surface area contributed by atoms with Crippen molar-refractivity contribution in [3.8, 4) is 0 Å². The van der Waals surface area contributed by atoms with E-state index in [1.165, 1.54) is 23.3 Å². The van der Waals surface area contributed by atoms with Gasteiger partial charge in [0.1, 0.15) is 41.7 Å². The highest BCUT2D eigenvalue weighted by Crippen LogP contribution is 2.36. The number of aliphatic hydroxyl groups excluding tert-OH is 1. The number of nitrogens with one attached hydrogen (secondary N) is 5. The van der Waals surface area contributed by atoms with Crippen LogP contribution in [-0.4, -0.2) is 150 Å². The van der Waals surface area contributed by atoms with Crippen molar-refractivity contribution >= 4 is 58.2 Å². The van der Waals surface area contributed by atoms with E-state index in [1.54, 1.807) is 28.2 Å². The van der Waals surface area contributed by atoms with Gasteiger partial charge in [-0.2, -0.15) is 0 Å². The van der Waals surface area contributed by atoms with Crippen LogP contribution in [0.3, 0.4) is 0 Å². The molecule has 0 radical (unpaired) electrons. The third-order valence-corrected chi connectivity index (χ3v) is 17.3. The number of piperidine rings is 2. The van der Waals surface area contributed by atoms with Crippen LogP contribution in [0.4, 0.5) is 26.1 Å². The number of aliphatic hydroxyl groups is 1. The van der Waals surface area contributed by atoms with Gasteiger partial charge in [0.2, 0.25) is 29.5 Å². The number of nitrogens with zero attached hydrogens (tertiary/aromatic N) is 7. The Bertz CT molecular complexity index is 2660. The molecule has 4 saturated heterocycles. The second-order valence-corrected chi connectivity index (χ2v) is 23.9. The molecule has 1 aromatic carbocycles. The van der Waals surface area contributed by atoms with Crippen molar-refractivity contribution in [2.24, 2.45) is 10.8 Å². The van der Waals surface area contributed by atoms with Gasteiger partial charge in [0.15, 0.2) is 0 Å². The summed E-state index contributed by atoms with van der Waals surface area (Å²) in [6, 6.07) is 2.69. The quantitative estimate of drug-likeness (QED) is 0.0793. The summed E-state index contributed by atoms with van der Waals surface area (Å²) < 4.78 is 31.7. The molecule has 5 aliphatic rings. The number of aryl methyl sites for hydroxylation is 1. The predicted molar refractivity (Wildman–Crippen MR) is 300 cm³/mol. The molecular formula is C57H82F2N12O6S. The van der Waals surface area contributed by atoms with E-state index in [9.17, 15) is 24.0 Å². The van der Waals surface area contributed by atoms with E-state index < -0.39 is 40.1 Å². The number of hydrogen-bond donors (Lipinski definition) is 6. The number of rotatable bonds is 18. The number of carbonyl (C=O) groups excluding carboxylic acids is 5. The van der Waals surface area contributed by atoms with E-state index in [1.807, 2.05) is 58.0 Å². The zero-order valence-corrected chi connectivity index (χ0v) is 47.7. The highest BCUT2D eigenvalue weighted by Gasteiger charge is 2.44. The number of aromatic nitrogens is 3. The smallest absolute Gasteiger partial charge is 0.246 e. The normalized spacial score (nSPS) is 20.9. The average molecular weight is 1100 g/mol. The van der Waals surface area contributed by atoms with Crippen LogP contribution in [-0.2, 0) is 30.5 Å². The first kappa shape index (κ1) is 59.6. The molecule has 2 aromatic heterocycles. The summed E-state index contributed by atoms with van der Waals surface area (Å²) in [5.74, 6) is -0.290. The van der Waals surface area contributed by atoms with Gasteiger partial charge in [0, 0.05) is 93.8 Å². The summed E-state index contributed by atoms with van der Waals surface area (Å²) in [7, 11) is 2.80. The van der Waals surface area contributed by atoms with E-state index in [0.29, 0.717) is 109 Å². The van der Waals surface area contributed by atoms with Crippen LogP contribution in [0, 0.1) is 29.4 Å². The Morgan fingerprint density at radius 2 is 1.68 bits per heavy atom. The first-order valence-corrected chi connectivity index (χ1v) is 28.6. The van der Waals surface area contributed by atoms with Gasteiger partial charge in [-0.1, -0.05) is 52.3 Å². The minimum absolute atomic E-state index is 0.0498. The predicted octanol–water partition coefficient (Wildman–Crippen LogP) is 6.12. The summed E-state index contributed by atoms with van der Waals surface area (Å²) in [5, 5.41) is 22.4. The lowest BCUT2D eigenvalue weighted by molar-refractivity contribution is -0.144. The molecule has 0 saturated carbocycles. The fourth-order valence-electron chi connectivity index (χ4n) is 11.4. The van der Waals surface area contributed by atoms with Crippen molar-refractivity contribution < 1.29 is 37.9 Å². The minimum atomic E-state index is -0.808. The van der Waals surface area contributed by atoms with Crippen molar-refractivity contribution in [3.63, 3.8) is 0 Å². The van der Waals surface area contributed by atoms with Crippen molar-refractivity contribution in [3.05, 3.63) is 81.6 Å². The number of piperazine rings is 1. The molecule has 8 rings (SSSR count). The Hall–Kier alpha value is -6.06. The molecule has 426 valence electrons. The van der Waals surface area contributed by atoms with Crippen molar-refractivity contribution in [2.45, 2.75) is 148 Å². The lowest BCUT2D eigenvalue weighted by Crippen LogP contribution is -2.66. The molecule has 5 amide bonds. The average Bonchev–Trinajstić information content (AvgIpc) is 4.12. The molecule has 1 aliphatic carbocycles. The number of unbranched alkanes of at least 4 members (excludes halogenated alkanes) is 2. The second kappa shape index (κ2) is 26.3. The zero-order valence-electron chi connectivity index (χ0n) is 46.9. The van der Waals surface area contributed by atoms with Gasteiger partial charge in [0.25, 0.3) is 0 Å². The fourth-order valence-corrected chi connectivity index (χ4v) is 12.3. The van der Waals surface area contributed by atoms with E-state index in [-0.39, 0.29) is 72.3 Å². The maximum atomic E-state index is 15.9. The number of thiazole rings is 1. The maximum absolute atomic E-state index is 15.9. The molecule has 18 nitrogen and oxygen atoms in total. The summed E-state index contributed by atoms with van der Waals surface area (Å²) in [5.41, 5.74) is 2.45. The molecule has 4 aliphatic heterocycles. The van der Waals surface area contributed by atoms with Crippen molar-refractivity contribution in [1.29, 1.82) is 0 Å². The van der Waals surface area contributed by atoms with Crippen LogP contribution >= 0.6 is 11.3 Å². The van der Waals surface area contributed by atoms with Crippen LogP contribution < -0.4 is 36.4 Å². The first-order valence-electron chi connectivity index (χ1n) is 27.7. The first-order chi connectivity index (χ1) is 37.2. The topological polar surface area (TPSA) is 217 Å². The molecule has 6 N–H and O–H groups in total. The van der Waals surface area contributed by atoms with E-state index in [2.05, 4.69) is 64.7 Å². The lowest BCUT2D eigenvalue weighted by atomic mass is 9.79. The Kier molecular flexibility index (Phi) is 20.1. The molecule has 3 aromatic rings. The van der Waals surface area contributed by atoms with Gasteiger partial charge >= 0.3 is 0 Å². The molecule has 4 fully saturated rings. The van der Waals surface area contributed by atoms with Crippen molar-refractivity contribution in [1.82, 2.24) is 46.0 Å². The van der Waals surface area contributed by atoms with Gasteiger partial charge < -0.3 is 46.4 Å². The molecule has 0 bridgehead atoms. The Balaban J connectivity index is 0.00000436. The monoisotopic (exact) mass is 1100 g/mol. The Morgan fingerprint density at radius 1 is 0.936 bits per heavy atom. The molecule has 4 atom stereocenters. The van der Waals surface area contributed by atoms with Crippen LogP contribution in [0.1, 0.15) is 127 Å². The molecule has 1 spiro atoms. The second-order valence-electron chi connectivity index (χ2n) is 23.0. The van der Waals surface area contributed by atoms with Crippen LogP contribution in [0.5, 0.6) is 0 Å². The number of benzene rings is 1. The third-order valence-electron chi connectivity index (χ3n) is 16.3. The Morgan fingerprint density at radius 3 is 2.35 bits per heavy atom. The summed E-state index contributed by atoms with van der Waals surface area (Å²) >= 11 is 1.66. The number of anilines is 3. The minimum Gasteiger partial charge on any atom is -0.400 e. The van der Waals surface area contributed by atoms with Crippen molar-refractivity contribution in [2.75, 3.05) is 81.6 Å². The van der Waals surface area contributed by atoms with Gasteiger partial charge in [-0.05, 0) is 102 Å². The van der Waals surface area contributed by atoms with E-state index in [4.69, 9.17) is 5.11 Å². The maximum Gasteiger partial charge on any atom is 0.246 e. The van der Waals surface area contributed by atoms with Gasteiger partial charge in [-0.25, -0.2) is 23.7 Å².